The highest BCUT2D eigenvalue weighted by molar-refractivity contribution is 7.99. The molecule has 29 heavy (non-hydrogen) atoms. The van der Waals surface area contributed by atoms with Crippen LogP contribution in [0.3, 0.4) is 0 Å². The van der Waals surface area contributed by atoms with Crippen LogP contribution in [0.2, 0.25) is 0 Å². The van der Waals surface area contributed by atoms with Crippen molar-refractivity contribution in [2.45, 2.75) is 17.4 Å². The van der Waals surface area contributed by atoms with E-state index in [0.717, 1.165) is 23.4 Å². The number of ether oxygens (including phenoxy) is 1. The first-order valence-electron chi connectivity index (χ1n) is 10.00. The molecular formula is C22H23N3O3S. The Bertz CT molecular complexity index is 935. The molecule has 2 amide bonds. The van der Waals surface area contributed by atoms with Crippen LogP contribution in [0.1, 0.15) is 16.8 Å². The van der Waals surface area contributed by atoms with Crippen molar-refractivity contribution in [2.24, 2.45) is 0 Å². The van der Waals surface area contributed by atoms with Crippen molar-refractivity contribution in [1.29, 1.82) is 0 Å². The molecule has 0 aliphatic carbocycles. The van der Waals surface area contributed by atoms with Crippen molar-refractivity contribution in [3.8, 4) is 11.1 Å². The van der Waals surface area contributed by atoms with E-state index < -0.39 is 0 Å². The van der Waals surface area contributed by atoms with Crippen molar-refractivity contribution in [3.63, 3.8) is 0 Å². The van der Waals surface area contributed by atoms with Gasteiger partial charge in [-0.25, -0.2) is 0 Å². The molecule has 150 valence electrons. The Balaban J connectivity index is 1.22. The molecule has 1 unspecified atom stereocenters. The Hall–Kier alpha value is -2.51. The van der Waals surface area contributed by atoms with E-state index in [9.17, 15) is 9.59 Å². The lowest BCUT2D eigenvalue weighted by Crippen LogP contribution is -2.54. The van der Waals surface area contributed by atoms with E-state index in [-0.39, 0.29) is 17.9 Å². The third kappa shape index (κ3) is 3.60. The molecule has 2 fully saturated rings. The topological polar surface area (TPSA) is 61.9 Å². The molecule has 2 aromatic carbocycles. The average Bonchev–Trinajstić information content (AvgIpc) is 3.20. The molecule has 1 N–H and O–H groups in total. The van der Waals surface area contributed by atoms with E-state index in [1.807, 2.05) is 45.8 Å². The van der Waals surface area contributed by atoms with Crippen LogP contribution in [0, 0.1) is 0 Å². The number of carbonyl (C=O) groups excluding carboxylic acids is 2. The van der Waals surface area contributed by atoms with Crippen LogP contribution in [0.15, 0.2) is 47.4 Å². The largest absolute Gasteiger partial charge is 0.375 e. The Kier molecular flexibility index (Phi) is 4.93. The van der Waals surface area contributed by atoms with Gasteiger partial charge in [0.2, 0.25) is 0 Å². The number of carbonyl (C=O) groups is 2. The molecule has 0 aromatic heterocycles. The molecule has 3 aliphatic heterocycles. The molecule has 3 heterocycles. The van der Waals surface area contributed by atoms with Crippen LogP contribution in [0.4, 0.5) is 5.69 Å². The van der Waals surface area contributed by atoms with E-state index >= 15 is 0 Å². The first-order chi connectivity index (χ1) is 14.2. The third-order valence-electron chi connectivity index (χ3n) is 5.79. The second-order valence-corrected chi connectivity index (χ2v) is 8.54. The summed E-state index contributed by atoms with van der Waals surface area (Å²) in [7, 11) is 0. The summed E-state index contributed by atoms with van der Waals surface area (Å²) in [5.41, 5.74) is 4.10. The smallest absolute Gasteiger partial charge is 0.253 e. The first-order valence-corrected chi connectivity index (χ1v) is 11.0. The molecule has 7 heteroatoms. The van der Waals surface area contributed by atoms with Crippen molar-refractivity contribution in [2.75, 3.05) is 44.0 Å². The SMILES string of the molecule is O=C(c1ccc(-c2ccc3c(c2)NCS3)cc1)N1CCN(C(=O)C2CCO2)CC1. The number of anilines is 1. The number of hydrogen-bond donors (Lipinski definition) is 1. The van der Waals surface area contributed by atoms with Crippen LogP contribution in [-0.2, 0) is 9.53 Å². The van der Waals surface area contributed by atoms with Crippen molar-refractivity contribution >= 4 is 29.3 Å². The minimum Gasteiger partial charge on any atom is -0.375 e. The van der Waals surface area contributed by atoms with Crippen molar-refractivity contribution in [3.05, 3.63) is 48.0 Å². The lowest BCUT2D eigenvalue weighted by molar-refractivity contribution is -0.157. The van der Waals surface area contributed by atoms with Crippen molar-refractivity contribution in [1.82, 2.24) is 9.80 Å². The zero-order valence-electron chi connectivity index (χ0n) is 16.1. The van der Waals surface area contributed by atoms with Crippen molar-refractivity contribution < 1.29 is 14.3 Å². The third-order valence-corrected chi connectivity index (χ3v) is 6.74. The minimum absolute atomic E-state index is 0.0237. The number of hydrogen-bond acceptors (Lipinski definition) is 5. The predicted molar refractivity (Wildman–Crippen MR) is 113 cm³/mol. The van der Waals surface area contributed by atoms with Gasteiger partial charge in [0.05, 0.1) is 12.5 Å². The van der Waals surface area contributed by atoms with Crippen LogP contribution in [-0.4, -0.2) is 66.4 Å². The molecule has 0 radical (unpaired) electrons. The quantitative estimate of drug-likeness (QED) is 0.845. The van der Waals surface area contributed by atoms with Gasteiger partial charge in [0.25, 0.3) is 11.8 Å². The molecule has 3 aliphatic rings. The lowest BCUT2D eigenvalue weighted by atomic mass is 10.0. The predicted octanol–water partition coefficient (Wildman–Crippen LogP) is 2.90. The Morgan fingerprint density at radius 2 is 1.66 bits per heavy atom. The second kappa shape index (κ2) is 7.72. The summed E-state index contributed by atoms with van der Waals surface area (Å²) < 4.78 is 5.28. The monoisotopic (exact) mass is 409 g/mol. The van der Waals surface area contributed by atoms with E-state index in [1.54, 1.807) is 0 Å². The van der Waals surface area contributed by atoms with Gasteiger partial charge in [0, 0.05) is 48.7 Å². The zero-order chi connectivity index (χ0) is 19.8. The van der Waals surface area contributed by atoms with Gasteiger partial charge in [0.15, 0.2) is 0 Å². The number of benzene rings is 2. The molecule has 5 rings (SSSR count). The molecule has 2 saturated heterocycles. The fraction of sp³-hybridized carbons (Fsp3) is 0.364. The zero-order valence-corrected chi connectivity index (χ0v) is 16.9. The van der Waals surface area contributed by atoms with Crippen LogP contribution in [0.5, 0.6) is 0 Å². The molecule has 0 spiro atoms. The highest BCUT2D eigenvalue weighted by Gasteiger charge is 2.33. The number of piperazine rings is 1. The highest BCUT2D eigenvalue weighted by Crippen LogP contribution is 2.36. The normalized spacial score (nSPS) is 20.6. The standard InChI is InChI=1S/C22H23N3O3S/c26-21(24-8-10-25(11-9-24)22(27)19-7-12-28-19)16-3-1-15(2-4-16)17-5-6-20-18(13-17)23-14-29-20/h1-6,13,19,23H,7-12,14H2. The average molecular weight is 410 g/mol. The minimum atomic E-state index is -0.266. The first kappa shape index (κ1) is 18.5. The molecule has 2 aromatic rings. The summed E-state index contributed by atoms with van der Waals surface area (Å²) >= 11 is 1.81. The molecule has 6 nitrogen and oxygen atoms in total. The summed E-state index contributed by atoms with van der Waals surface area (Å²) in [4.78, 5) is 30.1. The van der Waals surface area contributed by atoms with Crippen LogP contribution in [0.25, 0.3) is 11.1 Å². The van der Waals surface area contributed by atoms with Gasteiger partial charge >= 0.3 is 0 Å². The Labute approximate surface area is 174 Å². The maximum Gasteiger partial charge on any atom is 0.253 e. The van der Waals surface area contributed by atoms with Gasteiger partial charge in [-0.15, -0.1) is 11.8 Å². The van der Waals surface area contributed by atoms with Gasteiger partial charge in [0.1, 0.15) is 6.10 Å². The van der Waals surface area contributed by atoms with E-state index in [0.29, 0.717) is 38.3 Å². The number of nitrogens with one attached hydrogen (secondary N) is 1. The molecule has 0 saturated carbocycles. The van der Waals surface area contributed by atoms with Gasteiger partial charge in [-0.05, 0) is 35.4 Å². The number of nitrogens with zero attached hydrogens (tertiary/aromatic N) is 2. The van der Waals surface area contributed by atoms with Gasteiger partial charge in [-0.1, -0.05) is 18.2 Å². The van der Waals surface area contributed by atoms with Gasteiger partial charge < -0.3 is 19.9 Å². The Morgan fingerprint density at radius 3 is 2.34 bits per heavy atom. The summed E-state index contributed by atoms with van der Waals surface area (Å²) in [6.45, 7) is 2.94. The molecule has 0 bridgehead atoms. The van der Waals surface area contributed by atoms with Gasteiger partial charge in [-0.3, -0.25) is 9.59 Å². The maximum absolute atomic E-state index is 12.9. The van der Waals surface area contributed by atoms with Gasteiger partial charge in [-0.2, -0.15) is 0 Å². The Morgan fingerprint density at radius 1 is 0.966 bits per heavy atom. The van der Waals surface area contributed by atoms with Crippen LogP contribution >= 0.6 is 11.8 Å². The summed E-state index contributed by atoms with van der Waals surface area (Å²) in [5, 5.41) is 3.37. The molecular weight excluding hydrogens is 386 g/mol. The summed E-state index contributed by atoms with van der Waals surface area (Å²) in [6, 6.07) is 14.2. The second-order valence-electron chi connectivity index (χ2n) is 7.52. The highest BCUT2D eigenvalue weighted by atomic mass is 32.2. The number of rotatable bonds is 3. The fourth-order valence-corrected chi connectivity index (χ4v) is 4.75. The summed E-state index contributed by atoms with van der Waals surface area (Å²) in [6.07, 6.45) is 0.543. The van der Waals surface area contributed by atoms with Crippen LogP contribution < -0.4 is 5.32 Å². The lowest BCUT2D eigenvalue weighted by Gasteiger charge is -2.38. The maximum atomic E-state index is 12.9. The summed E-state index contributed by atoms with van der Waals surface area (Å²) in [5.74, 6) is 1.00. The van der Waals surface area contributed by atoms with E-state index in [2.05, 4.69) is 23.5 Å². The van der Waals surface area contributed by atoms with E-state index in [4.69, 9.17) is 4.74 Å². The van der Waals surface area contributed by atoms with E-state index in [1.165, 1.54) is 10.6 Å². The fourth-order valence-electron chi connectivity index (χ4n) is 3.92. The number of thioether (sulfide) groups is 1. The number of amides is 2. The number of fused-ring (bicyclic) bond motifs is 1. The molecule has 1 atom stereocenters.